The van der Waals surface area contributed by atoms with Crippen LogP contribution in [0.2, 0.25) is 0 Å². The van der Waals surface area contributed by atoms with E-state index in [1.54, 1.807) is 0 Å². The Balaban J connectivity index is 1.41. The zero-order valence-electron chi connectivity index (χ0n) is 16.4. The first-order valence-corrected chi connectivity index (χ1v) is 10.5. The van der Waals surface area contributed by atoms with Crippen molar-refractivity contribution in [1.29, 1.82) is 0 Å². The van der Waals surface area contributed by atoms with Gasteiger partial charge in [0, 0.05) is 29.9 Å². The summed E-state index contributed by atoms with van der Waals surface area (Å²) >= 11 is 0. The largest absolute Gasteiger partial charge is 0.339 e. The van der Waals surface area contributed by atoms with Crippen LogP contribution in [-0.4, -0.2) is 29.8 Å². The molecular weight excluding hydrogens is 348 g/mol. The van der Waals surface area contributed by atoms with Crippen molar-refractivity contribution in [2.45, 2.75) is 51.4 Å². The van der Waals surface area contributed by atoms with Gasteiger partial charge >= 0.3 is 0 Å². The molecule has 2 aromatic rings. The quantitative estimate of drug-likeness (QED) is 0.834. The number of hydrogen-bond donors (Lipinski definition) is 1. The zero-order valence-corrected chi connectivity index (χ0v) is 16.4. The fourth-order valence-electron chi connectivity index (χ4n) is 4.23. The molecule has 0 aromatic heterocycles. The van der Waals surface area contributed by atoms with Gasteiger partial charge in [-0.25, -0.2) is 0 Å². The lowest BCUT2D eigenvalue weighted by atomic mass is 9.90. The monoisotopic (exact) mass is 376 g/mol. The summed E-state index contributed by atoms with van der Waals surface area (Å²) in [6, 6.07) is 13.3. The number of fused-ring (bicyclic) bond motifs is 1. The summed E-state index contributed by atoms with van der Waals surface area (Å²) in [6.45, 7) is 1.69. The number of anilines is 1. The maximum absolute atomic E-state index is 12.7. The molecule has 1 aliphatic heterocycles. The Morgan fingerprint density at radius 3 is 2.07 bits per heavy atom. The van der Waals surface area contributed by atoms with E-state index in [0.717, 1.165) is 44.5 Å². The van der Waals surface area contributed by atoms with Crippen LogP contribution in [0, 0.1) is 0 Å². The number of carbonyl (C=O) groups excluding carboxylic acids is 2. The van der Waals surface area contributed by atoms with Crippen molar-refractivity contribution >= 4 is 17.5 Å². The van der Waals surface area contributed by atoms with Crippen molar-refractivity contribution in [3.63, 3.8) is 0 Å². The fourth-order valence-corrected chi connectivity index (χ4v) is 4.23. The third-order valence-electron chi connectivity index (χ3n) is 5.89. The van der Waals surface area contributed by atoms with Crippen LogP contribution >= 0.6 is 0 Å². The molecule has 1 fully saturated rings. The van der Waals surface area contributed by atoms with Gasteiger partial charge in [-0.3, -0.25) is 9.59 Å². The Labute approximate surface area is 166 Å². The molecule has 146 valence electrons. The molecule has 0 bridgehead atoms. The summed E-state index contributed by atoms with van der Waals surface area (Å²) in [5, 5.41) is 2.96. The third-order valence-corrected chi connectivity index (χ3v) is 5.89. The smallest absolute Gasteiger partial charge is 0.255 e. The highest BCUT2D eigenvalue weighted by molar-refractivity contribution is 6.04. The number of aryl methyl sites for hydroxylation is 2. The summed E-state index contributed by atoms with van der Waals surface area (Å²) < 4.78 is 0. The number of amides is 2. The van der Waals surface area contributed by atoms with E-state index in [9.17, 15) is 9.59 Å². The number of benzene rings is 2. The van der Waals surface area contributed by atoms with Crippen LogP contribution < -0.4 is 5.32 Å². The molecule has 1 heterocycles. The number of likely N-dealkylation sites (tertiary alicyclic amines) is 1. The minimum Gasteiger partial charge on any atom is -0.339 e. The van der Waals surface area contributed by atoms with E-state index in [1.165, 1.54) is 36.8 Å². The highest BCUT2D eigenvalue weighted by Crippen LogP contribution is 2.23. The first kappa shape index (κ1) is 18.7. The van der Waals surface area contributed by atoms with Crippen LogP contribution in [0.4, 0.5) is 5.69 Å². The van der Waals surface area contributed by atoms with Crippen LogP contribution in [-0.2, 0) is 12.8 Å². The van der Waals surface area contributed by atoms with E-state index >= 15 is 0 Å². The molecule has 0 spiro atoms. The summed E-state index contributed by atoms with van der Waals surface area (Å²) in [4.78, 5) is 27.3. The van der Waals surface area contributed by atoms with Gasteiger partial charge in [-0.2, -0.15) is 0 Å². The van der Waals surface area contributed by atoms with E-state index < -0.39 is 0 Å². The third kappa shape index (κ3) is 4.27. The minimum atomic E-state index is -0.0973. The molecule has 0 atom stereocenters. The molecule has 4 rings (SSSR count). The van der Waals surface area contributed by atoms with Gasteiger partial charge in [-0.05, 0) is 86.1 Å². The van der Waals surface area contributed by atoms with Crippen molar-refractivity contribution < 1.29 is 9.59 Å². The van der Waals surface area contributed by atoms with Crippen LogP contribution in [0.1, 0.15) is 70.4 Å². The molecule has 0 radical (unpaired) electrons. The van der Waals surface area contributed by atoms with Gasteiger partial charge in [-0.1, -0.05) is 18.9 Å². The average molecular weight is 377 g/mol. The SMILES string of the molecule is O=C(Nc1ccc(C(=O)N2CCCCCC2)cc1)c1ccc2c(c1)CCCC2. The molecule has 2 amide bonds. The minimum absolute atomic E-state index is 0.0921. The summed E-state index contributed by atoms with van der Waals surface area (Å²) in [5.41, 5.74) is 4.78. The summed E-state index contributed by atoms with van der Waals surface area (Å²) in [5.74, 6) is -0.00516. The Morgan fingerprint density at radius 2 is 1.36 bits per heavy atom. The molecule has 4 nitrogen and oxygen atoms in total. The van der Waals surface area contributed by atoms with Gasteiger partial charge in [-0.15, -0.1) is 0 Å². The molecule has 1 N–H and O–H groups in total. The van der Waals surface area contributed by atoms with E-state index in [1.807, 2.05) is 41.3 Å². The Hall–Kier alpha value is -2.62. The van der Waals surface area contributed by atoms with Crippen LogP contribution in [0.3, 0.4) is 0 Å². The van der Waals surface area contributed by atoms with Crippen molar-refractivity contribution in [2.75, 3.05) is 18.4 Å². The molecule has 2 aliphatic rings. The highest BCUT2D eigenvalue weighted by Gasteiger charge is 2.17. The summed E-state index contributed by atoms with van der Waals surface area (Å²) in [6.07, 6.45) is 9.19. The van der Waals surface area contributed by atoms with E-state index in [0.29, 0.717) is 11.1 Å². The van der Waals surface area contributed by atoms with Gasteiger partial charge < -0.3 is 10.2 Å². The number of nitrogens with one attached hydrogen (secondary N) is 1. The second-order valence-corrected chi connectivity index (χ2v) is 7.93. The van der Waals surface area contributed by atoms with Crippen LogP contribution in [0.5, 0.6) is 0 Å². The molecule has 0 saturated carbocycles. The lowest BCUT2D eigenvalue weighted by molar-refractivity contribution is 0.0761. The lowest BCUT2D eigenvalue weighted by Crippen LogP contribution is -2.31. The standard InChI is InChI=1S/C24H28N2O2/c27-23(21-10-9-18-7-3-4-8-20(18)17-21)25-22-13-11-19(12-14-22)24(28)26-15-5-1-2-6-16-26/h9-14,17H,1-8,15-16H2,(H,25,27). The first-order valence-electron chi connectivity index (χ1n) is 10.5. The topological polar surface area (TPSA) is 49.4 Å². The molecular formula is C24H28N2O2. The Kier molecular flexibility index (Phi) is 5.75. The highest BCUT2D eigenvalue weighted by atomic mass is 16.2. The van der Waals surface area contributed by atoms with Gasteiger partial charge in [0.2, 0.25) is 0 Å². The van der Waals surface area contributed by atoms with Crippen LogP contribution in [0.15, 0.2) is 42.5 Å². The van der Waals surface area contributed by atoms with Crippen molar-refractivity contribution in [3.8, 4) is 0 Å². The van der Waals surface area contributed by atoms with E-state index in [4.69, 9.17) is 0 Å². The number of carbonyl (C=O) groups is 2. The van der Waals surface area contributed by atoms with Crippen LogP contribution in [0.25, 0.3) is 0 Å². The molecule has 2 aromatic carbocycles. The second-order valence-electron chi connectivity index (χ2n) is 7.93. The second kappa shape index (κ2) is 8.59. The number of nitrogens with zero attached hydrogens (tertiary/aromatic N) is 1. The van der Waals surface area contributed by atoms with Crippen molar-refractivity contribution in [2.24, 2.45) is 0 Å². The molecule has 1 saturated heterocycles. The molecule has 4 heteroatoms. The predicted octanol–water partition coefficient (Wildman–Crippen LogP) is 4.83. The summed E-state index contributed by atoms with van der Waals surface area (Å²) in [7, 11) is 0. The van der Waals surface area contributed by atoms with E-state index in [-0.39, 0.29) is 11.8 Å². The fraction of sp³-hybridized carbons (Fsp3) is 0.417. The maximum atomic E-state index is 12.7. The van der Waals surface area contributed by atoms with Crippen molar-refractivity contribution in [3.05, 3.63) is 64.7 Å². The molecule has 28 heavy (non-hydrogen) atoms. The number of rotatable bonds is 3. The van der Waals surface area contributed by atoms with E-state index in [2.05, 4.69) is 11.4 Å². The molecule has 0 unspecified atom stereocenters. The zero-order chi connectivity index (χ0) is 19.3. The first-order chi connectivity index (χ1) is 13.7. The lowest BCUT2D eigenvalue weighted by Gasteiger charge is -2.20. The van der Waals surface area contributed by atoms with Gasteiger partial charge in [0.25, 0.3) is 11.8 Å². The molecule has 1 aliphatic carbocycles. The number of hydrogen-bond acceptors (Lipinski definition) is 2. The van der Waals surface area contributed by atoms with Gasteiger partial charge in [0.05, 0.1) is 0 Å². The van der Waals surface area contributed by atoms with Crippen molar-refractivity contribution in [1.82, 2.24) is 4.90 Å². The predicted molar refractivity (Wildman–Crippen MR) is 112 cm³/mol. The van der Waals surface area contributed by atoms with Gasteiger partial charge in [0.15, 0.2) is 0 Å². The maximum Gasteiger partial charge on any atom is 0.255 e. The Morgan fingerprint density at radius 1 is 0.714 bits per heavy atom. The Bertz CT molecular complexity index is 849. The normalized spacial score (nSPS) is 16.8. The average Bonchev–Trinajstić information content (AvgIpc) is 3.03. The van der Waals surface area contributed by atoms with Gasteiger partial charge in [0.1, 0.15) is 0 Å².